The zero-order valence-corrected chi connectivity index (χ0v) is 14.5. The van der Waals surface area contributed by atoms with Crippen LogP contribution >= 0.6 is 0 Å². The molecule has 2 aromatic rings. The minimum absolute atomic E-state index is 0.111. The lowest BCUT2D eigenvalue weighted by atomic mass is 10.2. The number of nitrogens with one attached hydrogen (secondary N) is 2. The lowest BCUT2D eigenvalue weighted by Crippen LogP contribution is -2.41. The van der Waals surface area contributed by atoms with Crippen molar-refractivity contribution in [1.82, 2.24) is 10.2 Å². The molecule has 6 heteroatoms. The summed E-state index contributed by atoms with van der Waals surface area (Å²) >= 11 is 0. The molecule has 0 radical (unpaired) electrons. The second kappa shape index (κ2) is 9.44. The summed E-state index contributed by atoms with van der Waals surface area (Å²) < 4.78 is 5.62. The van der Waals surface area contributed by atoms with Crippen LogP contribution in [0.25, 0.3) is 0 Å². The highest BCUT2D eigenvalue weighted by atomic mass is 16.5. The monoisotopic (exact) mass is 341 g/mol. The molecule has 132 valence electrons. The average Bonchev–Trinajstić information content (AvgIpc) is 2.57. The molecule has 0 atom stereocenters. The smallest absolute Gasteiger partial charge is 0.325 e. The summed E-state index contributed by atoms with van der Waals surface area (Å²) in [5.41, 5.74) is 1.81. The Morgan fingerprint density at radius 3 is 2.40 bits per heavy atom. The molecular weight excluding hydrogens is 318 g/mol. The van der Waals surface area contributed by atoms with Crippen LogP contribution in [-0.4, -0.2) is 43.6 Å². The van der Waals surface area contributed by atoms with Gasteiger partial charge in [0, 0.05) is 12.2 Å². The van der Waals surface area contributed by atoms with E-state index in [9.17, 15) is 9.59 Å². The van der Waals surface area contributed by atoms with Crippen LogP contribution in [0.2, 0.25) is 0 Å². The number of benzene rings is 2. The van der Waals surface area contributed by atoms with E-state index in [1.54, 1.807) is 36.2 Å². The number of rotatable bonds is 7. The van der Waals surface area contributed by atoms with Gasteiger partial charge in [-0.1, -0.05) is 35.9 Å². The summed E-state index contributed by atoms with van der Waals surface area (Å²) in [6.45, 7) is 3.16. The third-order valence-corrected chi connectivity index (χ3v) is 3.46. The minimum Gasteiger partial charge on any atom is -0.492 e. The van der Waals surface area contributed by atoms with Crippen molar-refractivity contribution in [3.05, 3.63) is 60.2 Å². The highest BCUT2D eigenvalue weighted by molar-refractivity contribution is 6.01. The molecule has 2 rings (SSSR count). The number of imide groups is 1. The molecule has 0 fully saturated rings. The predicted molar refractivity (Wildman–Crippen MR) is 97.8 cm³/mol. The van der Waals surface area contributed by atoms with E-state index in [0.29, 0.717) is 18.8 Å². The Morgan fingerprint density at radius 1 is 1.04 bits per heavy atom. The van der Waals surface area contributed by atoms with Crippen molar-refractivity contribution in [2.75, 3.05) is 32.1 Å². The van der Waals surface area contributed by atoms with Crippen LogP contribution in [0.15, 0.2) is 54.6 Å². The highest BCUT2D eigenvalue weighted by Crippen LogP contribution is 2.11. The largest absolute Gasteiger partial charge is 0.492 e. The van der Waals surface area contributed by atoms with Gasteiger partial charge >= 0.3 is 6.03 Å². The van der Waals surface area contributed by atoms with Crippen molar-refractivity contribution in [2.24, 2.45) is 0 Å². The Bertz CT molecular complexity index is 687. The number of nitrogens with zero attached hydrogens (tertiary/aromatic N) is 1. The first-order chi connectivity index (χ1) is 12.0. The van der Waals surface area contributed by atoms with Crippen LogP contribution in [0.3, 0.4) is 0 Å². The van der Waals surface area contributed by atoms with Gasteiger partial charge in [-0.05, 0) is 38.2 Å². The first kappa shape index (κ1) is 18.5. The van der Waals surface area contributed by atoms with Crippen molar-refractivity contribution in [3.8, 4) is 5.75 Å². The molecule has 6 nitrogen and oxygen atoms in total. The number of ether oxygens (including phenoxy) is 1. The van der Waals surface area contributed by atoms with Gasteiger partial charge in [-0.2, -0.15) is 0 Å². The fraction of sp³-hybridized carbons (Fsp3) is 0.263. The van der Waals surface area contributed by atoms with Gasteiger partial charge in [0.15, 0.2) is 0 Å². The Balaban J connectivity index is 1.65. The molecule has 2 N–H and O–H groups in total. The van der Waals surface area contributed by atoms with E-state index in [4.69, 9.17) is 4.74 Å². The molecule has 0 saturated heterocycles. The topological polar surface area (TPSA) is 70.7 Å². The number of anilines is 1. The van der Waals surface area contributed by atoms with Crippen LogP contribution in [0.5, 0.6) is 5.75 Å². The number of para-hydroxylation sites is 1. The van der Waals surface area contributed by atoms with Crippen LogP contribution < -0.4 is 15.4 Å². The first-order valence-electron chi connectivity index (χ1n) is 8.07. The second-order valence-electron chi connectivity index (χ2n) is 5.77. The minimum atomic E-state index is -0.541. The van der Waals surface area contributed by atoms with E-state index in [1.807, 2.05) is 37.3 Å². The first-order valence-corrected chi connectivity index (χ1v) is 8.07. The third kappa shape index (κ3) is 7.05. The van der Waals surface area contributed by atoms with Gasteiger partial charge in [0.05, 0.1) is 6.54 Å². The van der Waals surface area contributed by atoms with Gasteiger partial charge in [0.25, 0.3) is 0 Å². The standard InChI is InChI=1S/C19H23N3O3/c1-15-8-10-17(11-9-15)25-13-12-22(2)14-18(23)21-19(24)20-16-6-4-3-5-7-16/h3-11H,12-14H2,1-2H3,(H2,20,21,23,24). The molecule has 0 bridgehead atoms. The normalized spacial score (nSPS) is 10.4. The molecule has 0 aliphatic rings. The summed E-state index contributed by atoms with van der Waals surface area (Å²) in [4.78, 5) is 25.4. The zero-order valence-electron chi connectivity index (χ0n) is 14.5. The van der Waals surface area contributed by atoms with Crippen molar-refractivity contribution in [2.45, 2.75) is 6.92 Å². The van der Waals surface area contributed by atoms with E-state index in [0.717, 1.165) is 5.75 Å². The number of aryl methyl sites for hydroxylation is 1. The fourth-order valence-electron chi connectivity index (χ4n) is 2.13. The SMILES string of the molecule is Cc1ccc(OCCN(C)CC(=O)NC(=O)Nc2ccccc2)cc1. The molecule has 0 saturated carbocycles. The molecule has 0 aromatic heterocycles. The molecule has 25 heavy (non-hydrogen) atoms. The van der Waals surface area contributed by atoms with Gasteiger partial charge in [0.2, 0.25) is 5.91 Å². The second-order valence-corrected chi connectivity index (χ2v) is 5.77. The molecule has 0 spiro atoms. The van der Waals surface area contributed by atoms with Crippen LogP contribution in [0.1, 0.15) is 5.56 Å². The molecule has 0 aliphatic carbocycles. The number of hydrogen-bond donors (Lipinski definition) is 2. The van der Waals surface area contributed by atoms with Gasteiger partial charge < -0.3 is 10.1 Å². The summed E-state index contributed by atoms with van der Waals surface area (Å²) in [7, 11) is 1.80. The third-order valence-electron chi connectivity index (χ3n) is 3.46. The number of urea groups is 1. The van der Waals surface area contributed by atoms with Crippen molar-refractivity contribution in [1.29, 1.82) is 0 Å². The summed E-state index contributed by atoms with van der Waals surface area (Å²) in [6, 6.07) is 16.2. The maximum atomic E-state index is 11.9. The van der Waals surface area contributed by atoms with Crippen molar-refractivity contribution >= 4 is 17.6 Å². The summed E-state index contributed by atoms with van der Waals surface area (Å²) in [6.07, 6.45) is 0. The van der Waals surface area contributed by atoms with E-state index in [2.05, 4.69) is 10.6 Å². The average molecular weight is 341 g/mol. The highest BCUT2D eigenvalue weighted by Gasteiger charge is 2.10. The van der Waals surface area contributed by atoms with Crippen LogP contribution in [0, 0.1) is 6.92 Å². The maximum Gasteiger partial charge on any atom is 0.325 e. The van der Waals surface area contributed by atoms with Crippen LogP contribution in [-0.2, 0) is 4.79 Å². The maximum absolute atomic E-state index is 11.9. The number of carbonyl (C=O) groups excluding carboxylic acids is 2. The Morgan fingerprint density at radius 2 is 1.72 bits per heavy atom. The number of hydrogen-bond acceptors (Lipinski definition) is 4. The molecule has 2 aromatic carbocycles. The fourth-order valence-corrected chi connectivity index (χ4v) is 2.13. The zero-order chi connectivity index (χ0) is 18.1. The van der Waals surface area contributed by atoms with E-state index in [1.165, 1.54) is 5.56 Å². The van der Waals surface area contributed by atoms with Crippen LogP contribution in [0.4, 0.5) is 10.5 Å². The lowest BCUT2D eigenvalue weighted by Gasteiger charge is -2.16. The van der Waals surface area contributed by atoms with E-state index >= 15 is 0 Å². The van der Waals surface area contributed by atoms with Crippen molar-refractivity contribution < 1.29 is 14.3 Å². The molecule has 3 amide bonds. The predicted octanol–water partition coefficient (Wildman–Crippen LogP) is 2.65. The van der Waals surface area contributed by atoms with Gasteiger partial charge in [0.1, 0.15) is 12.4 Å². The Labute approximate surface area is 147 Å². The Hall–Kier alpha value is -2.86. The quantitative estimate of drug-likeness (QED) is 0.812. The molecular formula is C19H23N3O3. The summed E-state index contributed by atoms with van der Waals surface area (Å²) in [5, 5.41) is 4.90. The molecule has 0 unspecified atom stereocenters. The van der Waals surface area contributed by atoms with E-state index < -0.39 is 6.03 Å². The van der Waals surface area contributed by atoms with Gasteiger partial charge in [-0.25, -0.2) is 4.79 Å². The van der Waals surface area contributed by atoms with Gasteiger partial charge in [-0.3, -0.25) is 15.0 Å². The summed E-state index contributed by atoms with van der Waals surface area (Å²) in [5.74, 6) is 0.428. The number of carbonyl (C=O) groups is 2. The lowest BCUT2D eigenvalue weighted by molar-refractivity contribution is -0.120. The molecule has 0 aliphatic heterocycles. The van der Waals surface area contributed by atoms with E-state index in [-0.39, 0.29) is 12.5 Å². The Kier molecular flexibility index (Phi) is 6.98. The van der Waals surface area contributed by atoms with Crippen molar-refractivity contribution in [3.63, 3.8) is 0 Å². The number of amides is 3. The molecule has 0 heterocycles. The number of likely N-dealkylation sites (N-methyl/N-ethyl adjacent to an activating group) is 1. The van der Waals surface area contributed by atoms with Gasteiger partial charge in [-0.15, -0.1) is 0 Å².